The Labute approximate surface area is 315 Å². The largest absolute Gasteiger partial charge is 0.483 e. The first kappa shape index (κ1) is 37.2. The minimum absolute atomic E-state index is 0.0470. The normalized spacial score (nSPS) is 13.9. The number of sulfonamides is 2. The average Bonchev–Trinajstić information content (AvgIpc) is 3.98. The molecule has 0 saturated carbocycles. The number of fused-ring (bicyclic) bond motifs is 3. The highest BCUT2D eigenvalue weighted by atomic mass is 32.2. The molecule has 6 aromatic rings. The minimum atomic E-state index is -4.58. The molecule has 19 heteroatoms. The van der Waals surface area contributed by atoms with Crippen LogP contribution in [-0.4, -0.2) is 50.8 Å². The van der Waals surface area contributed by atoms with E-state index in [1.165, 1.54) is 64.5 Å². The van der Waals surface area contributed by atoms with Gasteiger partial charge in [-0.05, 0) is 90.9 Å². The smallest absolute Gasteiger partial charge is 0.418 e. The van der Waals surface area contributed by atoms with Crippen molar-refractivity contribution in [2.45, 2.75) is 41.7 Å². The second-order valence-electron chi connectivity index (χ2n) is 12.1. The van der Waals surface area contributed by atoms with E-state index in [1.807, 2.05) is 6.07 Å². The van der Waals surface area contributed by atoms with Crippen LogP contribution in [0.15, 0.2) is 99.8 Å². The maximum Gasteiger partial charge on any atom is 0.418 e. The van der Waals surface area contributed by atoms with E-state index in [4.69, 9.17) is 4.74 Å². The van der Waals surface area contributed by atoms with Crippen molar-refractivity contribution >= 4 is 75.5 Å². The quantitative estimate of drug-likeness (QED) is 0.158. The molecule has 54 heavy (non-hydrogen) atoms. The minimum Gasteiger partial charge on any atom is -0.483 e. The average molecular weight is 815 g/mol. The van der Waals surface area contributed by atoms with Crippen molar-refractivity contribution in [3.8, 4) is 5.75 Å². The third-order valence-corrected chi connectivity index (χ3v) is 12.9. The number of nitrogens with one attached hydrogen (secondary N) is 2. The molecular weight excluding hydrogens is 786 g/mol. The van der Waals surface area contributed by atoms with E-state index in [0.29, 0.717) is 34.2 Å². The van der Waals surface area contributed by atoms with Gasteiger partial charge in [-0.15, -0.1) is 22.7 Å². The number of rotatable bonds is 9. The van der Waals surface area contributed by atoms with Crippen molar-refractivity contribution < 1.29 is 39.5 Å². The summed E-state index contributed by atoms with van der Waals surface area (Å²) in [5, 5.41) is 4.17. The van der Waals surface area contributed by atoms with Crippen molar-refractivity contribution in [1.29, 1.82) is 0 Å². The Bertz CT molecular complexity index is 2550. The van der Waals surface area contributed by atoms with Crippen LogP contribution in [0, 0.1) is 0 Å². The molecule has 0 bridgehead atoms. The van der Waals surface area contributed by atoms with Crippen LogP contribution in [0.2, 0.25) is 0 Å². The Kier molecular flexibility index (Phi) is 10.3. The zero-order valence-corrected chi connectivity index (χ0v) is 31.2. The molecule has 280 valence electrons. The van der Waals surface area contributed by atoms with Gasteiger partial charge >= 0.3 is 6.18 Å². The van der Waals surface area contributed by atoms with Gasteiger partial charge in [-0.3, -0.25) is 19.2 Å². The van der Waals surface area contributed by atoms with E-state index in [0.717, 1.165) is 42.2 Å². The number of anilines is 3. The molecule has 0 spiro atoms. The topological polar surface area (TPSA) is 161 Å². The lowest BCUT2D eigenvalue weighted by molar-refractivity contribution is -0.136. The number of aryl methyl sites for hydroxylation is 2. The van der Waals surface area contributed by atoms with E-state index in [-0.39, 0.29) is 26.7 Å². The number of thiazole rings is 2. The zero-order chi connectivity index (χ0) is 38.1. The van der Waals surface area contributed by atoms with Gasteiger partial charge in [0.05, 0.1) is 20.9 Å². The van der Waals surface area contributed by atoms with Crippen LogP contribution in [0.1, 0.15) is 28.7 Å². The lowest BCUT2D eigenvalue weighted by Crippen LogP contribution is -2.33. The van der Waals surface area contributed by atoms with Gasteiger partial charge in [0.2, 0.25) is 0 Å². The molecular formula is C35H29F3N6O6S4. The molecule has 3 aromatic heterocycles. The fourth-order valence-electron chi connectivity index (χ4n) is 6.14. The van der Waals surface area contributed by atoms with E-state index < -0.39 is 44.3 Å². The van der Waals surface area contributed by atoms with Gasteiger partial charge < -0.3 is 9.64 Å². The number of hydrogen-bond donors (Lipinski definition) is 2. The number of nitrogens with zero attached hydrogens (tertiary/aromatic N) is 4. The molecule has 12 nitrogen and oxygen atoms in total. The molecule has 0 radical (unpaired) electrons. The second-order valence-corrected chi connectivity index (χ2v) is 17.2. The van der Waals surface area contributed by atoms with Gasteiger partial charge in [-0.25, -0.2) is 26.8 Å². The SMILES string of the molecule is O=C(COc1ccnc2c(C(F)(F)F)cccc12)N1CCc2cc(S(=O)(=O)Nc3nccs3)ccc21.O=S(=O)(Nc1nccs1)c1ccc2c(c1)CCC2. The Morgan fingerprint density at radius 1 is 0.778 bits per heavy atom. The summed E-state index contributed by atoms with van der Waals surface area (Å²) < 4.78 is 100. The number of carbonyl (C=O) groups excluding carboxylic acids is 1. The second kappa shape index (κ2) is 15.0. The highest BCUT2D eigenvalue weighted by molar-refractivity contribution is 7.93. The predicted molar refractivity (Wildman–Crippen MR) is 199 cm³/mol. The van der Waals surface area contributed by atoms with Crippen molar-refractivity contribution in [3.05, 3.63) is 112 Å². The number of benzene rings is 3. The van der Waals surface area contributed by atoms with Crippen molar-refractivity contribution in [1.82, 2.24) is 15.0 Å². The number of ether oxygens (including phenoxy) is 1. The Morgan fingerprint density at radius 2 is 1.43 bits per heavy atom. The lowest BCUT2D eigenvalue weighted by atomic mass is 10.1. The standard InChI is InChI=1S/C23H17F3N4O4S2.C12H12N2O2S2/c24-23(25,26)17-3-1-2-16-19(6-8-27-21(16)17)34-13-20(31)30-10-7-14-12-15(4-5-18(14)30)36(32,33)29-22-28-9-11-35-22;15-18(16,14-12-13-6-7-17-12)11-5-4-9-2-1-3-10(9)8-11/h1-6,8-9,11-12H,7,10,13H2,(H,28,29);4-8H,1-3H2,(H,13,14). The summed E-state index contributed by atoms with van der Waals surface area (Å²) in [7, 11) is -7.35. The number of alkyl halides is 3. The van der Waals surface area contributed by atoms with Crippen LogP contribution in [-0.2, 0) is 50.3 Å². The van der Waals surface area contributed by atoms with Gasteiger partial charge in [0.25, 0.3) is 26.0 Å². The molecule has 2 N–H and O–H groups in total. The molecule has 1 amide bonds. The number of amides is 1. The van der Waals surface area contributed by atoms with E-state index in [1.54, 1.807) is 35.2 Å². The molecule has 8 rings (SSSR count). The summed E-state index contributed by atoms with van der Waals surface area (Å²) in [6, 6.07) is 14.9. The summed E-state index contributed by atoms with van der Waals surface area (Å²) in [6.45, 7) is -0.100. The van der Waals surface area contributed by atoms with Crippen LogP contribution >= 0.6 is 22.7 Å². The summed E-state index contributed by atoms with van der Waals surface area (Å²) in [4.78, 5) is 26.4. The fraction of sp³-hybridized carbons (Fsp3) is 0.200. The van der Waals surface area contributed by atoms with E-state index in [2.05, 4.69) is 24.4 Å². The Morgan fingerprint density at radius 3 is 2.07 bits per heavy atom. The van der Waals surface area contributed by atoms with Crippen LogP contribution in [0.25, 0.3) is 10.9 Å². The number of halogens is 3. The maximum atomic E-state index is 13.3. The van der Waals surface area contributed by atoms with Gasteiger partial charge in [0.1, 0.15) is 5.75 Å². The van der Waals surface area contributed by atoms with Crippen LogP contribution in [0.4, 0.5) is 29.1 Å². The van der Waals surface area contributed by atoms with Crippen LogP contribution in [0.5, 0.6) is 5.75 Å². The van der Waals surface area contributed by atoms with Crippen molar-refractivity contribution in [2.75, 3.05) is 27.5 Å². The Balaban J connectivity index is 0.000000208. The highest BCUT2D eigenvalue weighted by Crippen LogP contribution is 2.37. The number of pyridine rings is 1. The monoisotopic (exact) mass is 814 g/mol. The van der Waals surface area contributed by atoms with Crippen molar-refractivity contribution in [3.63, 3.8) is 0 Å². The third kappa shape index (κ3) is 8.03. The molecule has 3 aromatic carbocycles. The first-order chi connectivity index (χ1) is 25.8. The molecule has 1 aliphatic heterocycles. The Hall–Kier alpha value is -5.11. The number of hydrogen-bond acceptors (Lipinski definition) is 11. The lowest BCUT2D eigenvalue weighted by Gasteiger charge is -2.18. The molecule has 0 fully saturated rings. The summed E-state index contributed by atoms with van der Waals surface area (Å²) in [5.74, 6) is -0.309. The maximum absolute atomic E-state index is 13.3. The van der Waals surface area contributed by atoms with Crippen LogP contribution in [0.3, 0.4) is 0 Å². The summed E-state index contributed by atoms with van der Waals surface area (Å²) >= 11 is 2.42. The van der Waals surface area contributed by atoms with Crippen molar-refractivity contribution in [2.24, 2.45) is 0 Å². The predicted octanol–water partition coefficient (Wildman–Crippen LogP) is 6.91. The molecule has 1 aliphatic carbocycles. The molecule has 0 unspecified atom stereocenters. The molecule has 2 aliphatic rings. The molecule has 0 saturated heterocycles. The van der Waals surface area contributed by atoms with Crippen LogP contribution < -0.4 is 19.1 Å². The highest BCUT2D eigenvalue weighted by Gasteiger charge is 2.34. The summed E-state index contributed by atoms with van der Waals surface area (Å²) in [6.07, 6.45) is 3.25. The molecule has 4 heterocycles. The fourth-order valence-corrected chi connectivity index (χ4v) is 9.82. The van der Waals surface area contributed by atoms with Gasteiger partial charge in [-0.1, -0.05) is 12.1 Å². The number of aromatic nitrogens is 3. The first-order valence-electron chi connectivity index (χ1n) is 16.3. The third-order valence-electron chi connectivity index (χ3n) is 8.63. The molecule has 0 atom stereocenters. The zero-order valence-electron chi connectivity index (χ0n) is 27.9. The van der Waals surface area contributed by atoms with Gasteiger partial charge in [0.15, 0.2) is 16.9 Å². The van der Waals surface area contributed by atoms with E-state index >= 15 is 0 Å². The van der Waals surface area contributed by atoms with E-state index in [9.17, 15) is 34.8 Å². The van der Waals surface area contributed by atoms with Gasteiger partial charge in [-0.2, -0.15) is 13.2 Å². The number of para-hydroxylation sites is 1. The van der Waals surface area contributed by atoms with Gasteiger partial charge in [0, 0.05) is 47.0 Å². The summed E-state index contributed by atoms with van der Waals surface area (Å²) in [5.41, 5.74) is 2.49. The first-order valence-corrected chi connectivity index (χ1v) is 21.0. The number of carbonyl (C=O) groups is 1.